The quantitative estimate of drug-likeness (QED) is 0.835. The molecule has 29 heavy (non-hydrogen) atoms. The summed E-state index contributed by atoms with van der Waals surface area (Å²) >= 11 is 0. The van der Waals surface area contributed by atoms with Gasteiger partial charge in [0.25, 0.3) is 11.8 Å². The summed E-state index contributed by atoms with van der Waals surface area (Å²) in [6, 6.07) is 1.22. The van der Waals surface area contributed by atoms with Gasteiger partial charge in [0.1, 0.15) is 11.9 Å². The number of likely N-dealkylation sites (N-methyl/N-ethyl adjacent to an activating group) is 1. The second-order valence-electron chi connectivity index (χ2n) is 8.24. The van der Waals surface area contributed by atoms with Crippen molar-refractivity contribution in [2.24, 2.45) is 0 Å². The number of rotatable bonds is 5. The molecule has 2 amide bonds. The molecule has 2 aromatic heterocycles. The van der Waals surface area contributed by atoms with Crippen LogP contribution >= 0.6 is 0 Å². The van der Waals surface area contributed by atoms with Gasteiger partial charge in [0.15, 0.2) is 0 Å². The molecule has 2 aromatic rings. The summed E-state index contributed by atoms with van der Waals surface area (Å²) in [6.07, 6.45) is 3.89. The normalized spacial score (nSPS) is 17.1. The van der Waals surface area contributed by atoms with Crippen LogP contribution in [-0.2, 0) is 23.2 Å². The van der Waals surface area contributed by atoms with Gasteiger partial charge in [-0.15, -0.1) is 0 Å². The Kier molecular flexibility index (Phi) is 5.73. The first-order valence-electron chi connectivity index (χ1n) is 10.2. The molecular formula is C21H30N6O2. The molecule has 1 aliphatic rings. The minimum atomic E-state index is -0.647. The number of amides is 2. The topological polar surface area (TPSA) is 93.0 Å². The highest BCUT2D eigenvalue weighted by atomic mass is 16.2. The first-order chi connectivity index (χ1) is 13.7. The van der Waals surface area contributed by atoms with Gasteiger partial charge in [0.05, 0.1) is 11.4 Å². The van der Waals surface area contributed by atoms with Crippen LogP contribution in [0, 0.1) is 6.92 Å². The number of aromatic nitrogens is 4. The lowest BCUT2D eigenvalue weighted by Gasteiger charge is -2.25. The fraction of sp³-hybridized carbons (Fsp3) is 0.571. The third kappa shape index (κ3) is 4.02. The van der Waals surface area contributed by atoms with E-state index >= 15 is 0 Å². The average molecular weight is 399 g/mol. The zero-order chi connectivity index (χ0) is 21.3. The number of aryl methyl sites for hydroxylation is 3. The first kappa shape index (κ1) is 21.0. The van der Waals surface area contributed by atoms with Crippen molar-refractivity contribution in [1.29, 1.82) is 0 Å². The van der Waals surface area contributed by atoms with Crippen molar-refractivity contribution in [3.8, 4) is 0 Å². The fourth-order valence-electron chi connectivity index (χ4n) is 3.57. The van der Waals surface area contributed by atoms with Crippen molar-refractivity contribution in [3.05, 3.63) is 35.0 Å². The van der Waals surface area contributed by atoms with E-state index in [1.807, 2.05) is 13.0 Å². The van der Waals surface area contributed by atoms with Crippen molar-refractivity contribution in [1.82, 2.24) is 25.1 Å². The summed E-state index contributed by atoms with van der Waals surface area (Å²) in [5.41, 5.74) is 2.63. The molecule has 3 rings (SSSR count). The van der Waals surface area contributed by atoms with Crippen molar-refractivity contribution >= 4 is 17.6 Å². The van der Waals surface area contributed by atoms with Crippen LogP contribution in [0.4, 0.5) is 5.82 Å². The molecule has 8 nitrogen and oxygen atoms in total. The largest absolute Gasteiger partial charge is 0.337 e. The predicted molar refractivity (Wildman–Crippen MR) is 111 cm³/mol. The number of carbonyl (C=O) groups excluding carboxylic acids is 2. The van der Waals surface area contributed by atoms with Crippen LogP contribution in [0.15, 0.2) is 12.3 Å². The van der Waals surface area contributed by atoms with E-state index in [0.717, 1.165) is 35.6 Å². The van der Waals surface area contributed by atoms with Crippen LogP contribution in [0.5, 0.6) is 0 Å². The molecule has 0 aromatic carbocycles. The minimum absolute atomic E-state index is 0.104. The highest BCUT2D eigenvalue weighted by Crippen LogP contribution is 2.28. The van der Waals surface area contributed by atoms with Crippen LogP contribution in [0.2, 0.25) is 0 Å². The predicted octanol–water partition coefficient (Wildman–Crippen LogP) is 2.40. The van der Waals surface area contributed by atoms with Gasteiger partial charge in [0, 0.05) is 31.3 Å². The van der Waals surface area contributed by atoms with Crippen molar-refractivity contribution in [2.75, 3.05) is 11.9 Å². The van der Waals surface area contributed by atoms with Gasteiger partial charge in [-0.25, -0.2) is 14.6 Å². The SMILES string of the molecule is CCc1cnc(C(=O)N[C@H]2CCn3nc(C)cc3N(C)C2=O)nc1C(C)(C)CC. The smallest absolute Gasteiger partial charge is 0.289 e. The Morgan fingerprint density at radius 1 is 1.34 bits per heavy atom. The maximum absolute atomic E-state index is 12.9. The van der Waals surface area contributed by atoms with Gasteiger partial charge in [-0.05, 0) is 31.7 Å². The Morgan fingerprint density at radius 2 is 2.07 bits per heavy atom. The van der Waals surface area contributed by atoms with E-state index in [1.54, 1.807) is 22.8 Å². The number of nitrogens with one attached hydrogen (secondary N) is 1. The fourth-order valence-corrected chi connectivity index (χ4v) is 3.57. The lowest BCUT2D eigenvalue weighted by atomic mass is 9.83. The summed E-state index contributed by atoms with van der Waals surface area (Å²) in [5, 5.41) is 7.25. The summed E-state index contributed by atoms with van der Waals surface area (Å²) in [7, 11) is 1.70. The Bertz CT molecular complexity index is 933. The van der Waals surface area contributed by atoms with E-state index in [9.17, 15) is 9.59 Å². The van der Waals surface area contributed by atoms with E-state index < -0.39 is 11.9 Å². The van der Waals surface area contributed by atoms with E-state index in [-0.39, 0.29) is 17.1 Å². The van der Waals surface area contributed by atoms with Crippen LogP contribution < -0.4 is 10.2 Å². The van der Waals surface area contributed by atoms with Gasteiger partial charge < -0.3 is 5.32 Å². The zero-order valence-corrected chi connectivity index (χ0v) is 18.1. The molecule has 1 atom stereocenters. The summed E-state index contributed by atoms with van der Waals surface area (Å²) in [5.74, 6) is 0.242. The molecular weight excluding hydrogens is 368 g/mol. The van der Waals surface area contributed by atoms with E-state index in [1.165, 1.54) is 0 Å². The van der Waals surface area contributed by atoms with Crippen LogP contribution in [-0.4, -0.2) is 44.7 Å². The highest BCUT2D eigenvalue weighted by molar-refractivity contribution is 6.00. The van der Waals surface area contributed by atoms with Crippen LogP contribution in [0.3, 0.4) is 0 Å². The van der Waals surface area contributed by atoms with Crippen molar-refractivity contribution in [3.63, 3.8) is 0 Å². The number of anilines is 1. The Morgan fingerprint density at radius 3 is 2.72 bits per heavy atom. The first-order valence-corrected chi connectivity index (χ1v) is 10.2. The maximum Gasteiger partial charge on any atom is 0.289 e. The molecule has 8 heteroatoms. The maximum atomic E-state index is 12.9. The standard InChI is InChI=1S/C21H30N6O2/c1-7-14-12-22-18(24-17(14)21(4,5)8-2)19(28)23-15-9-10-27-16(11-13(3)25-27)26(6)20(15)29/h11-12,15H,7-10H2,1-6H3,(H,23,28)/t15-/m0/s1. The lowest BCUT2D eigenvalue weighted by Crippen LogP contribution is -2.47. The second-order valence-corrected chi connectivity index (χ2v) is 8.24. The number of hydrogen-bond acceptors (Lipinski definition) is 5. The molecule has 156 valence electrons. The number of carbonyl (C=O) groups is 2. The average Bonchev–Trinajstić information content (AvgIpc) is 3.05. The molecule has 0 radical (unpaired) electrons. The Labute approximate surface area is 171 Å². The van der Waals surface area contributed by atoms with Crippen LogP contribution in [0.1, 0.15) is 68.1 Å². The number of nitrogens with zero attached hydrogens (tertiary/aromatic N) is 5. The molecule has 0 aliphatic carbocycles. The minimum Gasteiger partial charge on any atom is -0.337 e. The molecule has 0 spiro atoms. The summed E-state index contributed by atoms with van der Waals surface area (Å²) in [4.78, 5) is 36.2. The van der Waals surface area contributed by atoms with Gasteiger partial charge in [0.2, 0.25) is 5.82 Å². The van der Waals surface area contributed by atoms with Gasteiger partial charge >= 0.3 is 0 Å². The third-order valence-electron chi connectivity index (χ3n) is 5.76. The van der Waals surface area contributed by atoms with Gasteiger partial charge in [-0.1, -0.05) is 27.7 Å². The molecule has 0 fully saturated rings. The van der Waals surface area contributed by atoms with E-state index in [4.69, 9.17) is 0 Å². The summed E-state index contributed by atoms with van der Waals surface area (Å²) in [6.45, 7) is 10.8. The summed E-state index contributed by atoms with van der Waals surface area (Å²) < 4.78 is 1.80. The molecule has 0 bridgehead atoms. The van der Waals surface area contributed by atoms with Gasteiger partial charge in [-0.2, -0.15) is 5.10 Å². The highest BCUT2D eigenvalue weighted by Gasteiger charge is 2.31. The third-order valence-corrected chi connectivity index (χ3v) is 5.76. The molecule has 3 heterocycles. The molecule has 1 aliphatic heterocycles. The van der Waals surface area contributed by atoms with Gasteiger partial charge in [-0.3, -0.25) is 14.5 Å². The number of hydrogen-bond donors (Lipinski definition) is 1. The second kappa shape index (κ2) is 7.93. The molecule has 0 saturated heterocycles. The molecule has 1 N–H and O–H groups in total. The van der Waals surface area contributed by atoms with E-state index in [0.29, 0.717) is 13.0 Å². The molecule has 0 saturated carbocycles. The zero-order valence-electron chi connectivity index (χ0n) is 18.1. The number of fused-ring (bicyclic) bond motifs is 1. The lowest BCUT2D eigenvalue weighted by molar-refractivity contribution is -0.120. The van der Waals surface area contributed by atoms with E-state index in [2.05, 4.69) is 48.1 Å². The molecule has 0 unspecified atom stereocenters. The van der Waals surface area contributed by atoms with Crippen molar-refractivity contribution < 1.29 is 9.59 Å². The monoisotopic (exact) mass is 398 g/mol. The van der Waals surface area contributed by atoms with Crippen LogP contribution in [0.25, 0.3) is 0 Å². The van der Waals surface area contributed by atoms with Crippen molar-refractivity contribution in [2.45, 2.75) is 71.9 Å². The Balaban J connectivity index is 1.82. The Hall–Kier alpha value is -2.77.